The third-order valence-corrected chi connectivity index (χ3v) is 5.33. The smallest absolute Gasteiger partial charge is 0.200 e. The van der Waals surface area contributed by atoms with Gasteiger partial charge in [-0.25, -0.2) is 0 Å². The van der Waals surface area contributed by atoms with E-state index in [1.807, 2.05) is 30.3 Å². The average molecular weight is 360 g/mol. The summed E-state index contributed by atoms with van der Waals surface area (Å²) >= 11 is 0. The van der Waals surface area contributed by atoms with E-state index in [1.165, 1.54) is 10.8 Å². The second kappa shape index (κ2) is 5.57. The van der Waals surface area contributed by atoms with Gasteiger partial charge in [-0.15, -0.1) is 0 Å². The molecule has 1 radical (unpaired) electrons. The first kappa shape index (κ1) is 15.2. The summed E-state index contributed by atoms with van der Waals surface area (Å²) in [6.45, 7) is 0. The fourth-order valence-corrected chi connectivity index (χ4v) is 4.07. The van der Waals surface area contributed by atoms with Crippen molar-refractivity contribution >= 4 is 43.7 Å². The minimum Gasteiger partial charge on any atom is -0.456 e. The van der Waals surface area contributed by atoms with Crippen LogP contribution in [0.3, 0.4) is 0 Å². The van der Waals surface area contributed by atoms with E-state index in [0.717, 1.165) is 16.7 Å². The summed E-state index contributed by atoms with van der Waals surface area (Å²) in [4.78, 5) is 13.0. The standard InChI is InChI=1S/C25H14NO2/c27-25-19-9-3-6-12-23(19)28-24-14-13-16(15-20(24)25)26-21-10-4-1-7-17(21)18-8-2-5-11-22(18)26/h1-2,4-15H. The van der Waals surface area contributed by atoms with Crippen LogP contribution >= 0.6 is 0 Å². The summed E-state index contributed by atoms with van der Waals surface area (Å²) < 4.78 is 8.14. The summed E-state index contributed by atoms with van der Waals surface area (Å²) in [5.74, 6) is 0. The van der Waals surface area contributed by atoms with Crippen LogP contribution in [0, 0.1) is 6.07 Å². The number of para-hydroxylation sites is 2. The Kier molecular flexibility index (Phi) is 3.03. The molecule has 0 saturated heterocycles. The second-order valence-corrected chi connectivity index (χ2v) is 6.90. The topological polar surface area (TPSA) is 35.1 Å². The lowest BCUT2D eigenvalue weighted by Crippen LogP contribution is -2.03. The minimum absolute atomic E-state index is 0.0317. The molecule has 0 saturated carbocycles. The number of rotatable bonds is 1. The average Bonchev–Trinajstić information content (AvgIpc) is 3.08. The van der Waals surface area contributed by atoms with Gasteiger partial charge in [0.2, 0.25) is 5.43 Å². The van der Waals surface area contributed by atoms with Crippen LogP contribution in [-0.2, 0) is 0 Å². The summed E-state index contributed by atoms with van der Waals surface area (Å²) in [5, 5.41) is 3.51. The molecule has 4 aromatic carbocycles. The molecule has 3 nitrogen and oxygen atoms in total. The number of nitrogens with zero attached hydrogens (tertiary/aromatic N) is 1. The Morgan fingerprint density at radius 3 is 2.14 bits per heavy atom. The van der Waals surface area contributed by atoms with E-state index in [1.54, 1.807) is 18.2 Å². The van der Waals surface area contributed by atoms with Crippen molar-refractivity contribution in [3.63, 3.8) is 0 Å². The van der Waals surface area contributed by atoms with Crippen molar-refractivity contribution in [1.29, 1.82) is 0 Å². The largest absolute Gasteiger partial charge is 0.456 e. The maximum Gasteiger partial charge on any atom is 0.200 e. The Labute approximate surface area is 160 Å². The van der Waals surface area contributed by atoms with Crippen LogP contribution in [0.4, 0.5) is 0 Å². The predicted octanol–water partition coefficient (Wildman–Crippen LogP) is 5.84. The Balaban J connectivity index is 1.74. The molecule has 3 heteroatoms. The second-order valence-electron chi connectivity index (χ2n) is 6.90. The van der Waals surface area contributed by atoms with Crippen LogP contribution in [0.1, 0.15) is 0 Å². The van der Waals surface area contributed by atoms with E-state index >= 15 is 0 Å². The highest BCUT2D eigenvalue weighted by Crippen LogP contribution is 2.32. The zero-order valence-electron chi connectivity index (χ0n) is 14.8. The van der Waals surface area contributed by atoms with Crippen molar-refractivity contribution in [3.8, 4) is 5.69 Å². The summed E-state index contributed by atoms with van der Waals surface area (Å²) in [5.41, 5.74) is 4.31. The SMILES string of the molecule is O=c1c2c[c]ccc2oc2ccc(-n3c4ccccc4c4ccccc43)cc12. The first-order valence-electron chi connectivity index (χ1n) is 9.16. The summed E-state index contributed by atoms with van der Waals surface area (Å²) in [6.07, 6.45) is 0. The lowest BCUT2D eigenvalue weighted by Gasteiger charge is -2.09. The van der Waals surface area contributed by atoms with Crippen molar-refractivity contribution in [1.82, 2.24) is 4.57 Å². The van der Waals surface area contributed by atoms with Gasteiger partial charge in [0.15, 0.2) is 0 Å². The van der Waals surface area contributed by atoms with Gasteiger partial charge < -0.3 is 8.98 Å². The van der Waals surface area contributed by atoms with E-state index in [9.17, 15) is 4.79 Å². The van der Waals surface area contributed by atoms with Gasteiger partial charge in [-0.1, -0.05) is 42.5 Å². The first-order valence-corrected chi connectivity index (χ1v) is 9.16. The fraction of sp³-hybridized carbons (Fsp3) is 0. The molecule has 0 spiro atoms. The molecule has 28 heavy (non-hydrogen) atoms. The van der Waals surface area contributed by atoms with Crippen molar-refractivity contribution in [2.24, 2.45) is 0 Å². The van der Waals surface area contributed by atoms with Gasteiger partial charge in [0.25, 0.3) is 0 Å². The monoisotopic (exact) mass is 360 g/mol. The van der Waals surface area contributed by atoms with Gasteiger partial charge in [-0.2, -0.15) is 0 Å². The number of aromatic nitrogens is 1. The third kappa shape index (κ3) is 2.01. The van der Waals surface area contributed by atoms with Crippen LogP contribution in [0.5, 0.6) is 0 Å². The molecule has 0 bridgehead atoms. The van der Waals surface area contributed by atoms with Crippen LogP contribution in [-0.4, -0.2) is 4.57 Å². The van der Waals surface area contributed by atoms with E-state index in [4.69, 9.17) is 4.42 Å². The molecule has 0 N–H and O–H groups in total. The Hall–Kier alpha value is -3.85. The molecule has 2 heterocycles. The molecular formula is C25H14NO2. The zero-order chi connectivity index (χ0) is 18.7. The highest BCUT2D eigenvalue weighted by Gasteiger charge is 2.13. The minimum atomic E-state index is -0.0317. The summed E-state index contributed by atoms with van der Waals surface area (Å²) in [7, 11) is 0. The van der Waals surface area contributed by atoms with E-state index < -0.39 is 0 Å². The molecule has 6 aromatic rings. The zero-order valence-corrected chi connectivity index (χ0v) is 14.8. The van der Waals surface area contributed by atoms with Gasteiger partial charge in [-0.05, 0) is 48.5 Å². The molecule has 0 aliphatic carbocycles. The van der Waals surface area contributed by atoms with Gasteiger partial charge in [0.05, 0.1) is 21.8 Å². The van der Waals surface area contributed by atoms with Crippen molar-refractivity contribution in [2.75, 3.05) is 0 Å². The molecule has 0 unspecified atom stereocenters. The lowest BCUT2D eigenvalue weighted by molar-refractivity contribution is 0.660. The van der Waals surface area contributed by atoms with Crippen molar-refractivity contribution in [3.05, 3.63) is 101 Å². The van der Waals surface area contributed by atoms with Crippen molar-refractivity contribution in [2.45, 2.75) is 0 Å². The third-order valence-electron chi connectivity index (χ3n) is 5.33. The molecule has 0 fully saturated rings. The Bertz CT molecular complexity index is 1530. The number of benzene rings is 4. The van der Waals surface area contributed by atoms with E-state index in [2.05, 4.69) is 47.0 Å². The number of fused-ring (bicyclic) bond motifs is 5. The van der Waals surface area contributed by atoms with Crippen molar-refractivity contribution < 1.29 is 4.42 Å². The number of hydrogen-bond donors (Lipinski definition) is 0. The molecule has 0 atom stereocenters. The fourth-order valence-electron chi connectivity index (χ4n) is 4.07. The normalized spacial score (nSPS) is 11.7. The first-order chi connectivity index (χ1) is 13.8. The molecular weight excluding hydrogens is 346 g/mol. The van der Waals surface area contributed by atoms with Crippen LogP contribution in [0.25, 0.3) is 49.4 Å². The molecule has 2 aromatic heterocycles. The maximum absolute atomic E-state index is 13.0. The highest BCUT2D eigenvalue weighted by molar-refractivity contribution is 6.09. The van der Waals surface area contributed by atoms with Gasteiger partial charge >= 0.3 is 0 Å². The molecule has 0 aliphatic rings. The van der Waals surface area contributed by atoms with Gasteiger partial charge in [0.1, 0.15) is 11.2 Å². The molecule has 131 valence electrons. The predicted molar refractivity (Wildman–Crippen MR) is 113 cm³/mol. The number of hydrogen-bond acceptors (Lipinski definition) is 2. The molecule has 0 amide bonds. The molecule has 0 aliphatic heterocycles. The van der Waals surface area contributed by atoms with Crippen LogP contribution in [0.2, 0.25) is 0 Å². The lowest BCUT2D eigenvalue weighted by atomic mass is 10.1. The maximum atomic E-state index is 13.0. The Morgan fingerprint density at radius 1 is 0.714 bits per heavy atom. The summed E-state index contributed by atoms with van der Waals surface area (Å²) in [6, 6.07) is 30.7. The quantitative estimate of drug-likeness (QED) is 0.345. The Morgan fingerprint density at radius 2 is 1.39 bits per heavy atom. The van der Waals surface area contributed by atoms with E-state index in [0.29, 0.717) is 21.9 Å². The molecule has 6 rings (SSSR count). The van der Waals surface area contributed by atoms with E-state index in [-0.39, 0.29) is 5.43 Å². The van der Waals surface area contributed by atoms with Crippen LogP contribution < -0.4 is 5.43 Å². The highest BCUT2D eigenvalue weighted by atomic mass is 16.3. The van der Waals surface area contributed by atoms with Gasteiger partial charge in [-0.3, -0.25) is 4.79 Å². The van der Waals surface area contributed by atoms with Gasteiger partial charge in [0, 0.05) is 16.5 Å². The van der Waals surface area contributed by atoms with Crippen LogP contribution in [0.15, 0.2) is 94.1 Å².